The number of rotatable bonds is 4. The van der Waals surface area contributed by atoms with Crippen LogP contribution < -0.4 is 0 Å². The lowest BCUT2D eigenvalue weighted by Gasteiger charge is -2.32. The fraction of sp³-hybridized carbons (Fsp3) is 0.300. The predicted octanol–water partition coefficient (Wildman–Crippen LogP) is 2.83. The van der Waals surface area contributed by atoms with Gasteiger partial charge in [0.2, 0.25) is 0 Å². The molecule has 1 aliphatic heterocycles. The van der Waals surface area contributed by atoms with Crippen LogP contribution in [0.5, 0.6) is 0 Å². The van der Waals surface area contributed by atoms with Crippen LogP contribution >= 0.6 is 0 Å². The maximum atomic E-state index is 13.9. The monoisotopic (exact) mass is 423 g/mol. The third kappa shape index (κ3) is 4.14. The van der Waals surface area contributed by atoms with Gasteiger partial charge in [0.1, 0.15) is 11.6 Å². The second kappa shape index (κ2) is 8.28. The van der Waals surface area contributed by atoms with Crippen LogP contribution in [0.2, 0.25) is 0 Å². The third-order valence-electron chi connectivity index (χ3n) is 4.93. The van der Waals surface area contributed by atoms with Crippen LogP contribution in [-0.4, -0.2) is 50.6 Å². The molecule has 1 amide bonds. The minimum atomic E-state index is -3.84. The highest BCUT2D eigenvalue weighted by Gasteiger charge is 2.35. The van der Waals surface area contributed by atoms with E-state index in [4.69, 9.17) is 0 Å². The van der Waals surface area contributed by atoms with Crippen LogP contribution in [0.1, 0.15) is 33.6 Å². The van der Waals surface area contributed by atoms with Gasteiger partial charge >= 0.3 is 5.97 Å². The fourth-order valence-corrected chi connectivity index (χ4v) is 5.29. The molecule has 0 spiro atoms. The first-order valence-corrected chi connectivity index (χ1v) is 10.5. The second-order valence-electron chi connectivity index (χ2n) is 6.65. The second-order valence-corrected chi connectivity index (χ2v) is 8.84. The SMILES string of the molecule is COC(=O)c1ccccc1S(=O)(=O)C1CCN(C(=O)c2ccc(F)cc2F)CC1. The Morgan fingerprint density at radius 3 is 2.31 bits per heavy atom. The highest BCUT2D eigenvalue weighted by molar-refractivity contribution is 7.92. The van der Waals surface area contributed by atoms with Crippen LogP contribution in [0.4, 0.5) is 8.78 Å². The lowest BCUT2D eigenvalue weighted by molar-refractivity contribution is 0.0596. The molecule has 0 aromatic heterocycles. The molecule has 3 rings (SSSR count). The average Bonchev–Trinajstić information content (AvgIpc) is 2.73. The molecule has 1 fully saturated rings. The normalized spacial score (nSPS) is 15.2. The third-order valence-corrected chi connectivity index (χ3v) is 7.25. The zero-order valence-corrected chi connectivity index (χ0v) is 16.4. The minimum Gasteiger partial charge on any atom is -0.465 e. The van der Waals surface area contributed by atoms with Gasteiger partial charge in [-0.05, 0) is 37.1 Å². The molecule has 9 heteroatoms. The minimum absolute atomic E-state index is 0.0399. The van der Waals surface area contributed by atoms with Crippen molar-refractivity contribution in [2.75, 3.05) is 20.2 Å². The van der Waals surface area contributed by atoms with E-state index in [1.807, 2.05) is 0 Å². The molecule has 154 valence electrons. The topological polar surface area (TPSA) is 80.8 Å². The van der Waals surface area contributed by atoms with Gasteiger partial charge in [-0.15, -0.1) is 0 Å². The Labute approximate surface area is 167 Å². The Balaban J connectivity index is 1.77. The van der Waals surface area contributed by atoms with E-state index in [2.05, 4.69) is 4.74 Å². The summed E-state index contributed by atoms with van der Waals surface area (Å²) in [4.78, 5) is 25.6. The summed E-state index contributed by atoms with van der Waals surface area (Å²) in [6.45, 7) is 0.194. The Bertz CT molecular complexity index is 1050. The number of halogens is 2. The van der Waals surface area contributed by atoms with Crippen molar-refractivity contribution < 1.29 is 31.5 Å². The number of benzene rings is 2. The first kappa shape index (κ1) is 20.9. The Hall–Kier alpha value is -2.81. The standard InChI is InChI=1S/C20H19F2NO5S/c1-28-20(25)16-4-2-3-5-18(16)29(26,27)14-8-10-23(11-9-14)19(24)15-7-6-13(21)12-17(15)22/h2-7,12,14H,8-11H2,1H3. The summed E-state index contributed by atoms with van der Waals surface area (Å²) < 4.78 is 57.7. The number of likely N-dealkylation sites (tertiary alicyclic amines) is 1. The molecule has 29 heavy (non-hydrogen) atoms. The molecule has 6 nitrogen and oxygen atoms in total. The van der Waals surface area contributed by atoms with Crippen molar-refractivity contribution in [1.29, 1.82) is 0 Å². The van der Waals surface area contributed by atoms with E-state index in [9.17, 15) is 26.8 Å². The number of methoxy groups -OCH3 is 1. The van der Waals surface area contributed by atoms with E-state index in [0.717, 1.165) is 12.1 Å². The van der Waals surface area contributed by atoms with Gasteiger partial charge in [0.15, 0.2) is 9.84 Å². The summed E-state index contributed by atoms with van der Waals surface area (Å²) in [7, 11) is -2.67. The van der Waals surface area contributed by atoms with Crippen molar-refractivity contribution >= 4 is 21.7 Å². The molecular weight excluding hydrogens is 404 g/mol. The molecule has 0 radical (unpaired) electrons. The summed E-state index contributed by atoms with van der Waals surface area (Å²) >= 11 is 0. The first-order chi connectivity index (χ1) is 13.8. The number of carbonyl (C=O) groups excluding carboxylic acids is 2. The Morgan fingerprint density at radius 2 is 1.69 bits per heavy atom. The number of hydrogen-bond acceptors (Lipinski definition) is 5. The number of esters is 1. The molecule has 0 atom stereocenters. The van der Waals surface area contributed by atoms with Gasteiger partial charge < -0.3 is 9.64 Å². The molecule has 1 aliphatic rings. The van der Waals surface area contributed by atoms with Gasteiger partial charge in [-0.3, -0.25) is 4.79 Å². The lowest BCUT2D eigenvalue weighted by Crippen LogP contribution is -2.43. The van der Waals surface area contributed by atoms with Gasteiger partial charge in [-0.2, -0.15) is 0 Å². The van der Waals surface area contributed by atoms with Gasteiger partial charge in [0, 0.05) is 19.2 Å². The lowest BCUT2D eigenvalue weighted by atomic mass is 10.1. The van der Waals surface area contributed by atoms with Gasteiger partial charge in [0.25, 0.3) is 5.91 Å². The van der Waals surface area contributed by atoms with Crippen LogP contribution in [0, 0.1) is 11.6 Å². The largest absolute Gasteiger partial charge is 0.465 e. The zero-order valence-electron chi connectivity index (χ0n) is 15.6. The number of sulfone groups is 1. The van der Waals surface area contributed by atoms with Gasteiger partial charge in [-0.1, -0.05) is 12.1 Å². The number of piperidine rings is 1. The summed E-state index contributed by atoms with van der Waals surface area (Å²) in [5.41, 5.74) is -0.300. The van der Waals surface area contributed by atoms with Gasteiger partial charge in [-0.25, -0.2) is 22.0 Å². The molecule has 0 bridgehead atoms. The van der Waals surface area contributed by atoms with Crippen molar-refractivity contribution in [1.82, 2.24) is 4.90 Å². The smallest absolute Gasteiger partial charge is 0.339 e. The molecule has 0 N–H and O–H groups in total. The molecule has 1 heterocycles. The van der Waals surface area contributed by atoms with Crippen LogP contribution in [-0.2, 0) is 14.6 Å². The number of nitrogens with zero attached hydrogens (tertiary/aromatic N) is 1. The van der Waals surface area contributed by atoms with Crippen molar-refractivity contribution in [3.8, 4) is 0 Å². The van der Waals surface area contributed by atoms with Crippen molar-refractivity contribution in [2.45, 2.75) is 23.0 Å². The molecule has 2 aromatic rings. The maximum Gasteiger partial charge on any atom is 0.339 e. The molecule has 1 saturated heterocycles. The van der Waals surface area contributed by atoms with Crippen molar-refractivity contribution in [2.24, 2.45) is 0 Å². The van der Waals surface area contributed by atoms with Crippen LogP contribution in [0.15, 0.2) is 47.4 Å². The molecule has 0 saturated carbocycles. The number of ether oxygens (including phenoxy) is 1. The number of carbonyl (C=O) groups is 2. The highest BCUT2D eigenvalue weighted by atomic mass is 32.2. The summed E-state index contributed by atoms with van der Waals surface area (Å²) in [5, 5.41) is -0.796. The van der Waals surface area contributed by atoms with E-state index in [0.29, 0.717) is 6.07 Å². The van der Waals surface area contributed by atoms with Crippen LogP contribution in [0.3, 0.4) is 0 Å². The predicted molar refractivity (Wildman–Crippen MR) is 100 cm³/mol. The van der Waals surface area contributed by atoms with E-state index < -0.39 is 38.6 Å². The molecule has 2 aromatic carbocycles. The quantitative estimate of drug-likeness (QED) is 0.707. The van der Waals surface area contributed by atoms with Crippen LogP contribution in [0.25, 0.3) is 0 Å². The summed E-state index contributed by atoms with van der Waals surface area (Å²) in [5.74, 6) is -3.11. The molecular formula is C20H19F2NO5S. The molecule has 0 unspecified atom stereocenters. The Morgan fingerprint density at radius 1 is 1.03 bits per heavy atom. The van der Waals surface area contributed by atoms with E-state index in [-0.39, 0.29) is 42.0 Å². The Kier molecular flexibility index (Phi) is 5.97. The summed E-state index contributed by atoms with van der Waals surface area (Å²) in [6.07, 6.45) is 0.263. The highest BCUT2D eigenvalue weighted by Crippen LogP contribution is 2.28. The zero-order chi connectivity index (χ0) is 21.2. The van der Waals surface area contributed by atoms with E-state index in [1.54, 1.807) is 6.07 Å². The summed E-state index contributed by atoms with van der Waals surface area (Å²) in [6, 6.07) is 8.51. The fourth-order valence-electron chi connectivity index (χ4n) is 3.38. The van der Waals surface area contributed by atoms with Crippen molar-refractivity contribution in [3.63, 3.8) is 0 Å². The first-order valence-electron chi connectivity index (χ1n) is 8.91. The van der Waals surface area contributed by atoms with E-state index in [1.165, 1.54) is 30.2 Å². The van der Waals surface area contributed by atoms with E-state index >= 15 is 0 Å². The number of hydrogen-bond donors (Lipinski definition) is 0. The average molecular weight is 423 g/mol. The molecule has 0 aliphatic carbocycles. The van der Waals surface area contributed by atoms with Crippen molar-refractivity contribution in [3.05, 3.63) is 65.2 Å². The van der Waals surface area contributed by atoms with Gasteiger partial charge in [0.05, 0.1) is 28.4 Å². The maximum absolute atomic E-state index is 13.9. The number of amides is 1.